The number of hydrogen-bond donors (Lipinski definition) is 2. The van der Waals surface area contributed by atoms with Gasteiger partial charge in [0.25, 0.3) is 0 Å². The molecule has 1 aliphatic rings. The van der Waals surface area contributed by atoms with Crippen molar-refractivity contribution in [2.75, 3.05) is 31.5 Å². The monoisotopic (exact) mass is 401 g/mol. The minimum absolute atomic E-state index is 0. The van der Waals surface area contributed by atoms with Gasteiger partial charge in [-0.25, -0.2) is 0 Å². The quantitative estimate of drug-likeness (QED) is 0.788. The molecular weight excluding hydrogens is 378 g/mol. The number of alkyl halides is 3. The number of carbonyl (C=O) groups is 1. The first-order valence-corrected chi connectivity index (χ1v) is 7.74. The number of halogens is 5. The number of anilines is 1. The first-order valence-electron chi connectivity index (χ1n) is 7.74. The lowest BCUT2D eigenvalue weighted by Gasteiger charge is -2.35. The van der Waals surface area contributed by atoms with Crippen LogP contribution in [0.4, 0.5) is 18.9 Å². The summed E-state index contributed by atoms with van der Waals surface area (Å²) in [6.07, 6.45) is -4.90. The van der Waals surface area contributed by atoms with Crippen molar-refractivity contribution in [3.05, 3.63) is 29.8 Å². The van der Waals surface area contributed by atoms with Crippen LogP contribution >= 0.6 is 24.8 Å². The first kappa shape index (κ1) is 24.0. The molecule has 0 bridgehead atoms. The summed E-state index contributed by atoms with van der Waals surface area (Å²) in [7, 11) is 0. The highest BCUT2D eigenvalue weighted by atomic mass is 35.5. The van der Waals surface area contributed by atoms with Crippen LogP contribution in [-0.2, 0) is 4.79 Å². The number of amides is 1. The van der Waals surface area contributed by atoms with Crippen LogP contribution in [0.15, 0.2) is 24.3 Å². The molecule has 1 aromatic rings. The normalized spacial score (nSPS) is 16.3. The predicted molar refractivity (Wildman–Crippen MR) is 97.7 cm³/mol. The third-order valence-corrected chi connectivity index (χ3v) is 3.91. The summed E-state index contributed by atoms with van der Waals surface area (Å²) in [5, 5.41) is 5.88. The zero-order chi connectivity index (χ0) is 16.9. The van der Waals surface area contributed by atoms with Gasteiger partial charge in [0.05, 0.1) is 0 Å². The third kappa shape index (κ3) is 8.27. The summed E-state index contributed by atoms with van der Waals surface area (Å²) in [6, 6.07) is 6.81. The molecule has 1 saturated heterocycles. The van der Waals surface area contributed by atoms with E-state index in [1.807, 2.05) is 0 Å². The molecule has 2 N–H and O–H groups in total. The molecule has 144 valence electrons. The molecule has 0 aromatic heterocycles. The molecule has 0 aliphatic carbocycles. The van der Waals surface area contributed by atoms with Crippen LogP contribution in [0.25, 0.3) is 0 Å². The van der Waals surface area contributed by atoms with Crippen LogP contribution in [0.3, 0.4) is 0 Å². The predicted octanol–water partition coefficient (Wildman–Crippen LogP) is 3.78. The van der Waals surface area contributed by atoms with Crippen LogP contribution in [0.2, 0.25) is 0 Å². The topological polar surface area (TPSA) is 44.4 Å². The fourth-order valence-corrected chi connectivity index (χ4v) is 2.85. The Bertz CT molecular complexity index is 520. The molecule has 1 fully saturated rings. The fourth-order valence-electron chi connectivity index (χ4n) is 2.85. The average molecular weight is 402 g/mol. The Balaban J connectivity index is 0.00000288. The minimum Gasteiger partial charge on any atom is -0.326 e. The van der Waals surface area contributed by atoms with Gasteiger partial charge in [-0.3, -0.25) is 9.69 Å². The highest BCUT2D eigenvalue weighted by Gasteiger charge is 2.31. The van der Waals surface area contributed by atoms with Crippen LogP contribution in [0.5, 0.6) is 0 Å². The lowest BCUT2D eigenvalue weighted by Crippen LogP contribution is -2.45. The molecule has 0 saturated carbocycles. The van der Waals surface area contributed by atoms with E-state index >= 15 is 0 Å². The second kappa shape index (κ2) is 10.9. The molecule has 1 atom stereocenters. The smallest absolute Gasteiger partial charge is 0.326 e. The van der Waals surface area contributed by atoms with Crippen LogP contribution < -0.4 is 10.6 Å². The van der Waals surface area contributed by atoms with Crippen molar-refractivity contribution in [1.82, 2.24) is 10.2 Å². The molecule has 0 radical (unpaired) electrons. The Morgan fingerprint density at radius 2 is 1.76 bits per heavy atom. The van der Waals surface area contributed by atoms with Crippen molar-refractivity contribution >= 4 is 36.4 Å². The Kier molecular flexibility index (Phi) is 10.4. The second-order valence-electron chi connectivity index (χ2n) is 5.76. The number of carbonyl (C=O) groups excluding carboxylic acids is 1. The van der Waals surface area contributed by atoms with Gasteiger partial charge in [0, 0.05) is 51.3 Å². The highest BCUT2D eigenvalue weighted by Crippen LogP contribution is 2.32. The van der Waals surface area contributed by atoms with Crippen LogP contribution in [0.1, 0.15) is 31.4 Å². The van der Waals surface area contributed by atoms with Crippen LogP contribution in [0, 0.1) is 0 Å². The summed E-state index contributed by atoms with van der Waals surface area (Å²) >= 11 is 0. The number of hydrogen-bond acceptors (Lipinski definition) is 3. The van der Waals surface area contributed by atoms with E-state index < -0.39 is 12.6 Å². The van der Waals surface area contributed by atoms with Gasteiger partial charge in [-0.1, -0.05) is 12.1 Å². The van der Waals surface area contributed by atoms with Gasteiger partial charge in [0.2, 0.25) is 5.91 Å². The van der Waals surface area contributed by atoms with E-state index in [0.717, 1.165) is 31.7 Å². The summed E-state index contributed by atoms with van der Waals surface area (Å²) < 4.78 is 37.9. The summed E-state index contributed by atoms with van der Waals surface area (Å²) in [4.78, 5) is 13.1. The lowest BCUT2D eigenvalue weighted by atomic mass is 9.99. The Hall–Kier alpha value is -1.02. The summed E-state index contributed by atoms with van der Waals surface area (Å²) in [6.45, 7) is 4.45. The third-order valence-electron chi connectivity index (χ3n) is 3.91. The number of nitrogens with one attached hydrogen (secondary N) is 2. The van der Waals surface area contributed by atoms with Gasteiger partial charge in [-0.05, 0) is 24.1 Å². The van der Waals surface area contributed by atoms with Gasteiger partial charge in [-0.2, -0.15) is 13.2 Å². The van der Waals surface area contributed by atoms with E-state index in [4.69, 9.17) is 0 Å². The second-order valence-corrected chi connectivity index (χ2v) is 5.76. The molecule has 9 heteroatoms. The van der Waals surface area contributed by atoms with Crippen molar-refractivity contribution in [3.63, 3.8) is 0 Å². The van der Waals surface area contributed by atoms with E-state index in [0.29, 0.717) is 5.69 Å². The molecule has 1 heterocycles. The van der Waals surface area contributed by atoms with E-state index in [9.17, 15) is 18.0 Å². The van der Waals surface area contributed by atoms with Gasteiger partial charge in [-0.15, -0.1) is 24.8 Å². The zero-order valence-corrected chi connectivity index (χ0v) is 15.6. The molecule has 0 spiro atoms. The Morgan fingerprint density at radius 1 is 1.20 bits per heavy atom. The van der Waals surface area contributed by atoms with E-state index in [1.54, 1.807) is 24.3 Å². The number of nitrogens with zero attached hydrogens (tertiary/aromatic N) is 1. The maximum absolute atomic E-state index is 12.6. The van der Waals surface area contributed by atoms with Gasteiger partial charge >= 0.3 is 6.18 Å². The largest absolute Gasteiger partial charge is 0.389 e. The molecule has 0 unspecified atom stereocenters. The SMILES string of the molecule is CC(=O)Nc1ccc([C@H](CCC(F)(F)F)N2CCNCC2)cc1.Cl.Cl. The zero-order valence-electron chi connectivity index (χ0n) is 13.9. The van der Waals surface area contributed by atoms with Crippen molar-refractivity contribution in [2.45, 2.75) is 32.0 Å². The molecule has 2 rings (SSSR count). The van der Waals surface area contributed by atoms with E-state index in [2.05, 4.69) is 15.5 Å². The highest BCUT2D eigenvalue weighted by molar-refractivity contribution is 5.88. The maximum Gasteiger partial charge on any atom is 0.389 e. The number of piperazine rings is 1. The Labute approximate surface area is 158 Å². The maximum atomic E-state index is 12.6. The van der Waals surface area contributed by atoms with Crippen molar-refractivity contribution in [2.24, 2.45) is 0 Å². The average Bonchev–Trinajstić information content (AvgIpc) is 2.48. The van der Waals surface area contributed by atoms with Crippen molar-refractivity contribution in [3.8, 4) is 0 Å². The van der Waals surface area contributed by atoms with E-state index in [-0.39, 0.29) is 43.2 Å². The molecule has 4 nitrogen and oxygen atoms in total. The first-order chi connectivity index (χ1) is 10.8. The molecular formula is C16H24Cl2F3N3O. The fraction of sp³-hybridized carbons (Fsp3) is 0.562. The van der Waals surface area contributed by atoms with Gasteiger partial charge in [0.1, 0.15) is 0 Å². The van der Waals surface area contributed by atoms with Gasteiger partial charge < -0.3 is 10.6 Å². The molecule has 1 aliphatic heterocycles. The standard InChI is InChI=1S/C16H22F3N3O.2ClH/c1-12(23)21-14-4-2-13(3-5-14)15(6-7-16(17,18)19)22-10-8-20-9-11-22;;/h2-5,15,20H,6-11H2,1H3,(H,21,23);2*1H/t15-;;/m0../s1. The molecule has 1 aromatic carbocycles. The lowest BCUT2D eigenvalue weighted by molar-refractivity contribution is -0.138. The summed E-state index contributed by atoms with van der Waals surface area (Å²) in [5.74, 6) is -0.173. The Morgan fingerprint density at radius 3 is 2.24 bits per heavy atom. The van der Waals surface area contributed by atoms with Crippen molar-refractivity contribution in [1.29, 1.82) is 0 Å². The van der Waals surface area contributed by atoms with Crippen LogP contribution in [-0.4, -0.2) is 43.2 Å². The van der Waals surface area contributed by atoms with Crippen molar-refractivity contribution < 1.29 is 18.0 Å². The molecule has 25 heavy (non-hydrogen) atoms. The minimum atomic E-state index is -4.15. The number of rotatable bonds is 5. The number of benzene rings is 1. The van der Waals surface area contributed by atoms with Gasteiger partial charge in [0.15, 0.2) is 0 Å². The molecule has 1 amide bonds. The van der Waals surface area contributed by atoms with E-state index in [1.165, 1.54) is 6.92 Å². The summed E-state index contributed by atoms with van der Waals surface area (Å²) in [5.41, 5.74) is 1.50.